The fourth-order valence-electron chi connectivity index (χ4n) is 1.84. The molecule has 0 aliphatic carbocycles. The lowest BCUT2D eigenvalue weighted by Crippen LogP contribution is -2.10. The third kappa shape index (κ3) is 4.14. The van der Waals surface area contributed by atoms with Gasteiger partial charge in [0.1, 0.15) is 24.2 Å². The second kappa shape index (κ2) is 6.70. The molecule has 118 valence electrons. The van der Waals surface area contributed by atoms with Crippen molar-refractivity contribution in [3.63, 3.8) is 0 Å². The minimum absolute atomic E-state index is 0.0578. The molecular weight excluding hydrogens is 297 g/mol. The van der Waals surface area contributed by atoms with E-state index < -0.39 is 17.8 Å². The smallest absolute Gasteiger partial charge is 0.416 e. The van der Waals surface area contributed by atoms with Gasteiger partial charge in [-0.3, -0.25) is 0 Å². The van der Waals surface area contributed by atoms with Crippen LogP contribution in [0, 0.1) is 0 Å². The van der Waals surface area contributed by atoms with E-state index in [0.717, 1.165) is 12.1 Å². The zero-order valence-electron chi connectivity index (χ0n) is 11.8. The molecule has 0 heterocycles. The standard InChI is InChI=1S/C16H15F3O3/c1-21-13-6-8-14(9-7-13)22-10-15(20)11-2-4-12(5-3-11)16(17,18)19/h2-9,15,20H,10H2,1H3. The van der Waals surface area contributed by atoms with Gasteiger partial charge in [0.15, 0.2) is 0 Å². The molecule has 3 nitrogen and oxygen atoms in total. The van der Waals surface area contributed by atoms with Gasteiger partial charge in [0.05, 0.1) is 12.7 Å². The summed E-state index contributed by atoms with van der Waals surface area (Å²) in [5.74, 6) is 1.21. The summed E-state index contributed by atoms with van der Waals surface area (Å²) >= 11 is 0. The molecular formula is C16H15F3O3. The van der Waals surface area contributed by atoms with E-state index in [4.69, 9.17) is 9.47 Å². The minimum Gasteiger partial charge on any atom is -0.497 e. The molecule has 1 atom stereocenters. The first-order valence-electron chi connectivity index (χ1n) is 6.52. The maximum absolute atomic E-state index is 12.5. The molecule has 0 aromatic heterocycles. The third-order valence-corrected chi connectivity index (χ3v) is 3.09. The van der Waals surface area contributed by atoms with Crippen LogP contribution in [0.3, 0.4) is 0 Å². The predicted molar refractivity (Wildman–Crippen MR) is 74.9 cm³/mol. The van der Waals surface area contributed by atoms with Crippen LogP contribution >= 0.6 is 0 Å². The Labute approximate surface area is 125 Å². The van der Waals surface area contributed by atoms with Crippen molar-refractivity contribution in [3.05, 3.63) is 59.7 Å². The summed E-state index contributed by atoms with van der Waals surface area (Å²) < 4.78 is 47.8. The molecule has 0 aliphatic heterocycles. The lowest BCUT2D eigenvalue weighted by molar-refractivity contribution is -0.137. The number of hydrogen-bond donors (Lipinski definition) is 1. The highest BCUT2D eigenvalue weighted by Crippen LogP contribution is 2.30. The van der Waals surface area contributed by atoms with Crippen molar-refractivity contribution in [1.82, 2.24) is 0 Å². The molecule has 0 radical (unpaired) electrons. The van der Waals surface area contributed by atoms with Crippen LogP contribution in [0.25, 0.3) is 0 Å². The summed E-state index contributed by atoms with van der Waals surface area (Å²) in [6.07, 6.45) is -5.40. The number of benzene rings is 2. The Morgan fingerprint density at radius 2 is 1.50 bits per heavy atom. The second-order valence-corrected chi connectivity index (χ2v) is 4.62. The quantitative estimate of drug-likeness (QED) is 0.912. The van der Waals surface area contributed by atoms with Crippen LogP contribution in [-0.4, -0.2) is 18.8 Å². The fourth-order valence-corrected chi connectivity index (χ4v) is 1.84. The van der Waals surface area contributed by atoms with Crippen molar-refractivity contribution < 1.29 is 27.8 Å². The molecule has 0 bridgehead atoms. The van der Waals surface area contributed by atoms with Gasteiger partial charge in [0, 0.05) is 0 Å². The molecule has 0 aliphatic rings. The lowest BCUT2D eigenvalue weighted by atomic mass is 10.1. The first-order valence-corrected chi connectivity index (χ1v) is 6.52. The van der Waals surface area contributed by atoms with Crippen molar-refractivity contribution in [2.45, 2.75) is 12.3 Å². The van der Waals surface area contributed by atoms with Crippen molar-refractivity contribution in [3.8, 4) is 11.5 Å². The number of hydrogen-bond acceptors (Lipinski definition) is 3. The zero-order chi connectivity index (χ0) is 16.2. The normalized spacial score (nSPS) is 12.8. The predicted octanol–water partition coefficient (Wildman–Crippen LogP) is 3.83. The van der Waals surface area contributed by atoms with Gasteiger partial charge in [-0.1, -0.05) is 12.1 Å². The molecule has 0 spiro atoms. The maximum Gasteiger partial charge on any atom is 0.416 e. The topological polar surface area (TPSA) is 38.7 Å². The lowest BCUT2D eigenvalue weighted by Gasteiger charge is -2.14. The van der Waals surface area contributed by atoms with Gasteiger partial charge in [0.25, 0.3) is 0 Å². The van der Waals surface area contributed by atoms with Gasteiger partial charge in [0.2, 0.25) is 0 Å². The van der Waals surface area contributed by atoms with E-state index in [-0.39, 0.29) is 6.61 Å². The number of aliphatic hydroxyl groups is 1. The Morgan fingerprint density at radius 1 is 0.955 bits per heavy atom. The maximum atomic E-state index is 12.5. The number of aliphatic hydroxyl groups excluding tert-OH is 1. The van der Waals surface area contributed by atoms with Crippen molar-refractivity contribution >= 4 is 0 Å². The summed E-state index contributed by atoms with van der Waals surface area (Å²) in [6.45, 7) is -0.0578. The number of alkyl halides is 3. The van der Waals surface area contributed by atoms with Crippen LogP contribution in [0.1, 0.15) is 17.2 Å². The van der Waals surface area contributed by atoms with Crippen LogP contribution in [0.5, 0.6) is 11.5 Å². The monoisotopic (exact) mass is 312 g/mol. The summed E-state index contributed by atoms with van der Waals surface area (Å²) in [7, 11) is 1.55. The Bertz CT molecular complexity index is 592. The van der Waals surface area contributed by atoms with Gasteiger partial charge in [-0.2, -0.15) is 13.2 Å². The van der Waals surface area contributed by atoms with Crippen LogP contribution in [0.2, 0.25) is 0 Å². The van der Waals surface area contributed by atoms with Crippen molar-refractivity contribution in [2.24, 2.45) is 0 Å². The molecule has 2 aromatic carbocycles. The average molecular weight is 312 g/mol. The summed E-state index contributed by atoms with van der Waals surface area (Å²) in [5, 5.41) is 9.95. The molecule has 0 fully saturated rings. The van der Waals surface area contributed by atoms with E-state index in [1.54, 1.807) is 31.4 Å². The van der Waals surface area contributed by atoms with Gasteiger partial charge in [-0.05, 0) is 42.0 Å². The first kappa shape index (κ1) is 16.2. The molecule has 1 unspecified atom stereocenters. The zero-order valence-corrected chi connectivity index (χ0v) is 11.8. The highest BCUT2D eigenvalue weighted by molar-refractivity contribution is 5.31. The fraction of sp³-hybridized carbons (Fsp3) is 0.250. The number of rotatable bonds is 5. The van der Waals surface area contributed by atoms with Crippen LogP contribution in [0.4, 0.5) is 13.2 Å². The molecule has 0 amide bonds. The highest BCUT2D eigenvalue weighted by atomic mass is 19.4. The van der Waals surface area contributed by atoms with Gasteiger partial charge in [-0.15, -0.1) is 0 Å². The molecule has 22 heavy (non-hydrogen) atoms. The van der Waals surface area contributed by atoms with E-state index in [0.29, 0.717) is 17.1 Å². The Morgan fingerprint density at radius 3 is 2.00 bits per heavy atom. The second-order valence-electron chi connectivity index (χ2n) is 4.62. The third-order valence-electron chi connectivity index (χ3n) is 3.09. The molecule has 6 heteroatoms. The first-order chi connectivity index (χ1) is 10.4. The Kier molecular flexibility index (Phi) is 4.92. The summed E-state index contributed by atoms with van der Waals surface area (Å²) in [4.78, 5) is 0. The molecule has 0 saturated carbocycles. The molecule has 2 aromatic rings. The molecule has 0 saturated heterocycles. The van der Waals surface area contributed by atoms with Crippen LogP contribution in [0.15, 0.2) is 48.5 Å². The summed E-state index contributed by atoms with van der Waals surface area (Å²) in [6, 6.07) is 11.1. The number of methoxy groups -OCH3 is 1. The van der Waals surface area contributed by atoms with E-state index in [1.807, 2.05) is 0 Å². The van der Waals surface area contributed by atoms with E-state index in [2.05, 4.69) is 0 Å². The SMILES string of the molecule is COc1ccc(OCC(O)c2ccc(C(F)(F)F)cc2)cc1. The van der Waals surface area contributed by atoms with E-state index >= 15 is 0 Å². The van der Waals surface area contributed by atoms with Gasteiger partial charge >= 0.3 is 6.18 Å². The summed E-state index contributed by atoms with van der Waals surface area (Å²) in [5.41, 5.74) is -0.388. The Balaban J connectivity index is 1.95. The van der Waals surface area contributed by atoms with Crippen molar-refractivity contribution in [1.29, 1.82) is 0 Å². The highest BCUT2D eigenvalue weighted by Gasteiger charge is 2.30. The van der Waals surface area contributed by atoms with Gasteiger partial charge in [-0.25, -0.2) is 0 Å². The number of ether oxygens (including phenoxy) is 2. The van der Waals surface area contributed by atoms with Crippen molar-refractivity contribution in [2.75, 3.05) is 13.7 Å². The molecule has 1 N–H and O–H groups in total. The van der Waals surface area contributed by atoms with Crippen LogP contribution < -0.4 is 9.47 Å². The minimum atomic E-state index is -4.39. The number of halogens is 3. The Hall–Kier alpha value is -2.21. The van der Waals surface area contributed by atoms with E-state index in [1.165, 1.54) is 12.1 Å². The average Bonchev–Trinajstić information content (AvgIpc) is 2.52. The van der Waals surface area contributed by atoms with Gasteiger partial charge < -0.3 is 14.6 Å². The van der Waals surface area contributed by atoms with Crippen LogP contribution in [-0.2, 0) is 6.18 Å². The van der Waals surface area contributed by atoms with E-state index in [9.17, 15) is 18.3 Å². The largest absolute Gasteiger partial charge is 0.497 e. The molecule has 2 rings (SSSR count).